The van der Waals surface area contributed by atoms with Crippen LogP contribution in [0.1, 0.15) is 21.6 Å². The maximum Gasteiger partial charge on any atom is 0.338 e. The van der Waals surface area contributed by atoms with Gasteiger partial charge in [-0.3, -0.25) is 4.21 Å². The number of hydrogen-bond acceptors (Lipinski definition) is 4. The van der Waals surface area contributed by atoms with Gasteiger partial charge in [0.05, 0.1) is 49.9 Å². The molecule has 0 aliphatic heterocycles. The van der Waals surface area contributed by atoms with Gasteiger partial charge in [0.15, 0.2) is 0 Å². The number of benzene rings is 2. The summed E-state index contributed by atoms with van der Waals surface area (Å²) in [6.07, 6.45) is 4.84. The topological polar surface area (TPSA) is 97.3 Å². The van der Waals surface area contributed by atoms with E-state index in [0.29, 0.717) is 20.9 Å². The lowest BCUT2D eigenvalue weighted by Crippen LogP contribution is -2.09. The molecule has 0 aliphatic carbocycles. The van der Waals surface area contributed by atoms with E-state index in [1.807, 2.05) is 0 Å². The minimum atomic E-state index is -1.81. The van der Waals surface area contributed by atoms with E-state index in [1.54, 1.807) is 47.0 Å². The molecular formula is C21H17BrFN3O4S. The SMILES string of the molecule is Cn1c(CS(=O)c2ccccc2F)c(C(=O)O)c2c(Cn3ccnc3)c(O)c(Br)cc21. The fourth-order valence-electron chi connectivity index (χ4n) is 3.63. The van der Waals surface area contributed by atoms with Crippen molar-refractivity contribution in [3.8, 4) is 5.75 Å². The van der Waals surface area contributed by atoms with Gasteiger partial charge in [-0.05, 0) is 34.1 Å². The van der Waals surface area contributed by atoms with E-state index < -0.39 is 22.6 Å². The number of aryl methyl sites for hydroxylation is 1. The third kappa shape index (κ3) is 3.77. The largest absolute Gasteiger partial charge is 0.506 e. The molecule has 0 radical (unpaired) electrons. The normalized spacial score (nSPS) is 12.4. The number of aromatic carboxylic acids is 1. The third-order valence-electron chi connectivity index (χ3n) is 5.10. The fourth-order valence-corrected chi connectivity index (χ4v) is 5.34. The maximum atomic E-state index is 14.1. The van der Waals surface area contributed by atoms with E-state index in [2.05, 4.69) is 20.9 Å². The highest BCUT2D eigenvalue weighted by Gasteiger charge is 2.27. The summed E-state index contributed by atoms with van der Waals surface area (Å²) in [4.78, 5) is 16.3. The number of phenols is 1. The van der Waals surface area contributed by atoms with Gasteiger partial charge in [0.2, 0.25) is 0 Å². The average molecular weight is 506 g/mol. The van der Waals surface area contributed by atoms with Crippen LogP contribution >= 0.6 is 15.9 Å². The molecule has 0 spiro atoms. The average Bonchev–Trinajstić information content (AvgIpc) is 3.33. The number of aromatic nitrogens is 3. The quantitative estimate of drug-likeness (QED) is 0.412. The Morgan fingerprint density at radius 1 is 1.32 bits per heavy atom. The summed E-state index contributed by atoms with van der Waals surface area (Å²) in [6, 6.07) is 7.32. The van der Waals surface area contributed by atoms with Gasteiger partial charge in [-0.15, -0.1) is 0 Å². The monoisotopic (exact) mass is 505 g/mol. The molecule has 4 aromatic rings. The van der Waals surface area contributed by atoms with Gasteiger partial charge in [0.25, 0.3) is 0 Å². The van der Waals surface area contributed by atoms with Crippen LogP contribution in [0, 0.1) is 5.82 Å². The van der Waals surface area contributed by atoms with Crippen LogP contribution in [-0.2, 0) is 30.1 Å². The first-order valence-electron chi connectivity index (χ1n) is 9.13. The Labute approximate surface area is 187 Å². The molecule has 31 heavy (non-hydrogen) atoms. The molecule has 2 N–H and O–H groups in total. The minimum absolute atomic E-state index is 0.00626. The van der Waals surface area contributed by atoms with Gasteiger partial charge in [-0.2, -0.15) is 0 Å². The molecule has 0 fully saturated rings. The number of carboxylic acids is 1. The molecule has 10 heteroatoms. The zero-order valence-electron chi connectivity index (χ0n) is 16.2. The second kappa shape index (κ2) is 8.27. The first kappa shape index (κ1) is 21.3. The molecular weight excluding hydrogens is 489 g/mol. The lowest BCUT2D eigenvalue weighted by molar-refractivity contribution is 0.0698. The van der Waals surface area contributed by atoms with E-state index in [-0.39, 0.29) is 34.2 Å². The Morgan fingerprint density at radius 3 is 2.71 bits per heavy atom. The number of fused-ring (bicyclic) bond motifs is 1. The third-order valence-corrected chi connectivity index (χ3v) is 7.06. The number of rotatable bonds is 6. The number of nitrogens with zero attached hydrogens (tertiary/aromatic N) is 3. The summed E-state index contributed by atoms with van der Waals surface area (Å²) in [6.45, 7) is 0.182. The molecule has 1 unspecified atom stereocenters. The van der Waals surface area contributed by atoms with E-state index in [4.69, 9.17) is 0 Å². The summed E-state index contributed by atoms with van der Waals surface area (Å²) in [5.41, 5.74) is 1.13. The number of carbonyl (C=O) groups is 1. The highest BCUT2D eigenvalue weighted by atomic mass is 79.9. The number of hydrogen-bond donors (Lipinski definition) is 2. The van der Waals surface area contributed by atoms with Crippen molar-refractivity contribution in [1.82, 2.24) is 14.1 Å². The van der Waals surface area contributed by atoms with Gasteiger partial charge in [0, 0.05) is 36.1 Å². The summed E-state index contributed by atoms with van der Waals surface area (Å²) >= 11 is 3.33. The molecule has 160 valence electrons. The van der Waals surface area contributed by atoms with Crippen molar-refractivity contribution >= 4 is 43.6 Å². The summed E-state index contributed by atoms with van der Waals surface area (Å²) in [7, 11) is -0.147. The van der Waals surface area contributed by atoms with Crippen LogP contribution in [0.4, 0.5) is 4.39 Å². The zero-order valence-corrected chi connectivity index (χ0v) is 18.7. The molecule has 2 heterocycles. The van der Waals surface area contributed by atoms with Gasteiger partial charge in [-0.25, -0.2) is 14.2 Å². The molecule has 0 saturated heterocycles. The van der Waals surface area contributed by atoms with E-state index >= 15 is 0 Å². The van der Waals surface area contributed by atoms with Crippen molar-refractivity contribution in [3.05, 3.63) is 76.2 Å². The Morgan fingerprint density at radius 2 is 2.06 bits per heavy atom. The van der Waals surface area contributed by atoms with E-state index in [1.165, 1.54) is 18.2 Å². The highest BCUT2D eigenvalue weighted by molar-refractivity contribution is 9.10. The van der Waals surface area contributed by atoms with E-state index in [9.17, 15) is 23.6 Å². The predicted molar refractivity (Wildman–Crippen MR) is 117 cm³/mol. The van der Waals surface area contributed by atoms with Gasteiger partial charge >= 0.3 is 5.97 Å². The summed E-state index contributed by atoms with van der Waals surface area (Å²) < 4.78 is 30.8. The molecule has 0 amide bonds. The number of aromatic hydroxyl groups is 1. The zero-order chi connectivity index (χ0) is 22.3. The minimum Gasteiger partial charge on any atom is -0.506 e. The van der Waals surface area contributed by atoms with Crippen LogP contribution in [0.15, 0.2) is 58.4 Å². The number of imidazole rings is 1. The highest BCUT2D eigenvalue weighted by Crippen LogP contribution is 2.40. The molecule has 7 nitrogen and oxygen atoms in total. The van der Waals surface area contributed by atoms with Crippen LogP contribution in [-0.4, -0.2) is 34.5 Å². The first-order chi connectivity index (χ1) is 14.8. The van der Waals surface area contributed by atoms with Gasteiger partial charge < -0.3 is 19.3 Å². The second-order valence-electron chi connectivity index (χ2n) is 6.92. The first-order valence-corrected chi connectivity index (χ1v) is 11.2. The van der Waals surface area contributed by atoms with Crippen molar-refractivity contribution in [3.63, 3.8) is 0 Å². The Kier molecular flexibility index (Phi) is 5.67. The van der Waals surface area contributed by atoms with Crippen LogP contribution in [0.5, 0.6) is 5.75 Å². The summed E-state index contributed by atoms with van der Waals surface area (Å²) in [5.74, 6) is -2.12. The summed E-state index contributed by atoms with van der Waals surface area (Å²) in [5, 5.41) is 21.1. The van der Waals surface area contributed by atoms with Crippen molar-refractivity contribution < 1.29 is 23.6 Å². The second-order valence-corrected chi connectivity index (χ2v) is 9.19. The number of phenolic OH excluding ortho intramolecular Hbond substituents is 1. The van der Waals surface area contributed by atoms with E-state index in [0.717, 1.165) is 0 Å². The number of halogens is 2. The molecule has 2 aromatic carbocycles. The van der Waals surface area contributed by atoms with Crippen molar-refractivity contribution in [2.24, 2.45) is 7.05 Å². The van der Waals surface area contributed by atoms with Crippen LogP contribution in [0.25, 0.3) is 10.9 Å². The molecule has 2 aromatic heterocycles. The lowest BCUT2D eigenvalue weighted by Gasteiger charge is -2.11. The number of carboxylic acid groups (broad SMARTS) is 1. The molecule has 0 bridgehead atoms. The smallest absolute Gasteiger partial charge is 0.338 e. The Hall–Kier alpha value is -2.98. The van der Waals surface area contributed by atoms with Crippen molar-refractivity contribution in [2.75, 3.05) is 0 Å². The Bertz CT molecular complexity index is 1330. The van der Waals surface area contributed by atoms with Gasteiger partial charge in [-0.1, -0.05) is 12.1 Å². The standard InChI is InChI=1S/C21H17BrFN3O4S/c1-25-15-8-13(22)20(27)12(9-26-7-6-24-11-26)18(15)19(21(28)29)16(25)10-31(30)17-5-3-2-4-14(17)23/h2-8,11,27H,9-10H2,1H3,(H,28,29). The van der Waals surface area contributed by atoms with Gasteiger partial charge in [0.1, 0.15) is 11.6 Å². The van der Waals surface area contributed by atoms with Crippen molar-refractivity contribution in [1.29, 1.82) is 0 Å². The molecule has 4 rings (SSSR count). The maximum absolute atomic E-state index is 14.1. The molecule has 0 aliphatic rings. The van der Waals surface area contributed by atoms with Crippen LogP contribution in [0.2, 0.25) is 0 Å². The lowest BCUT2D eigenvalue weighted by atomic mass is 10.0. The predicted octanol–water partition coefficient (Wildman–Crippen LogP) is 4.04. The van der Waals surface area contributed by atoms with Crippen LogP contribution < -0.4 is 0 Å². The Balaban J connectivity index is 1.93. The van der Waals surface area contributed by atoms with Crippen molar-refractivity contribution in [2.45, 2.75) is 17.2 Å². The molecule has 0 saturated carbocycles. The fraction of sp³-hybridized carbons (Fsp3) is 0.143. The van der Waals surface area contributed by atoms with Crippen LogP contribution in [0.3, 0.4) is 0 Å². The molecule has 1 atom stereocenters.